The Hall–Kier alpha value is -1.76. The first-order valence-electron chi connectivity index (χ1n) is 6.70. The molecule has 0 aliphatic rings. The number of rotatable bonds is 3. The van der Waals surface area contributed by atoms with Crippen molar-refractivity contribution in [2.24, 2.45) is 0 Å². The highest BCUT2D eigenvalue weighted by molar-refractivity contribution is 9.10. The number of aromatic nitrogens is 2. The highest BCUT2D eigenvalue weighted by Gasteiger charge is 2.18. The molecule has 0 bridgehead atoms. The van der Waals surface area contributed by atoms with Crippen molar-refractivity contribution in [3.63, 3.8) is 0 Å². The van der Waals surface area contributed by atoms with Gasteiger partial charge in [0.25, 0.3) is 5.91 Å². The summed E-state index contributed by atoms with van der Waals surface area (Å²) in [5, 5.41) is 7.53. The van der Waals surface area contributed by atoms with Crippen LogP contribution in [0, 0.1) is 6.92 Å². The van der Waals surface area contributed by atoms with Crippen LogP contribution in [-0.4, -0.2) is 15.5 Å². The Kier molecular flexibility index (Phi) is 4.75. The van der Waals surface area contributed by atoms with Gasteiger partial charge in [0, 0.05) is 20.7 Å². The lowest BCUT2D eigenvalue weighted by Crippen LogP contribution is -2.12. The average molecular weight is 409 g/mol. The third-order valence-electron chi connectivity index (χ3n) is 3.26. The molecule has 1 N–H and O–H groups in total. The van der Waals surface area contributed by atoms with Crippen LogP contribution >= 0.6 is 39.1 Å². The highest BCUT2D eigenvalue weighted by Crippen LogP contribution is 2.27. The Morgan fingerprint density at radius 1 is 1.22 bits per heavy atom. The second-order valence-corrected chi connectivity index (χ2v) is 6.98. The number of benzene rings is 2. The summed E-state index contributed by atoms with van der Waals surface area (Å²) in [6, 6.07) is 13.0. The van der Waals surface area contributed by atoms with Gasteiger partial charge < -0.3 is 5.32 Å². The number of carbonyl (C=O) groups is 1. The normalized spacial score (nSPS) is 10.6. The minimum Gasteiger partial charge on any atom is -0.321 e. The van der Waals surface area contributed by atoms with Crippen molar-refractivity contribution in [1.29, 1.82) is 0 Å². The van der Waals surface area contributed by atoms with E-state index in [9.17, 15) is 4.79 Å². The summed E-state index contributed by atoms with van der Waals surface area (Å²) in [6.45, 7) is 1.91. The Bertz CT molecular complexity index is 864. The topological polar surface area (TPSA) is 54.9 Å². The van der Waals surface area contributed by atoms with E-state index >= 15 is 0 Å². The van der Waals surface area contributed by atoms with E-state index in [0.29, 0.717) is 21.3 Å². The summed E-state index contributed by atoms with van der Waals surface area (Å²) in [6.07, 6.45) is 0. The van der Waals surface area contributed by atoms with Crippen LogP contribution in [-0.2, 0) is 0 Å². The zero-order valence-electron chi connectivity index (χ0n) is 12.0. The third kappa shape index (κ3) is 3.60. The molecule has 7 heteroatoms. The first-order chi connectivity index (χ1) is 11.0. The summed E-state index contributed by atoms with van der Waals surface area (Å²) in [4.78, 5) is 13.0. The quantitative estimate of drug-likeness (QED) is 0.649. The van der Waals surface area contributed by atoms with E-state index in [0.717, 1.165) is 27.1 Å². The van der Waals surface area contributed by atoms with Crippen LogP contribution in [0.5, 0.6) is 0 Å². The number of hydrogen-bond acceptors (Lipinski definition) is 4. The van der Waals surface area contributed by atoms with E-state index in [-0.39, 0.29) is 5.91 Å². The maximum atomic E-state index is 12.6. The monoisotopic (exact) mass is 407 g/mol. The van der Waals surface area contributed by atoms with Crippen molar-refractivity contribution in [1.82, 2.24) is 9.59 Å². The molecule has 3 rings (SSSR count). The van der Waals surface area contributed by atoms with Gasteiger partial charge in [-0.1, -0.05) is 50.2 Å². The van der Waals surface area contributed by atoms with E-state index in [1.165, 1.54) is 0 Å². The lowest BCUT2D eigenvalue weighted by Gasteiger charge is -2.08. The number of nitrogens with zero attached hydrogens (tertiary/aromatic N) is 2. The summed E-state index contributed by atoms with van der Waals surface area (Å²) < 4.78 is 4.88. The molecule has 0 fully saturated rings. The van der Waals surface area contributed by atoms with Crippen molar-refractivity contribution in [2.45, 2.75) is 6.92 Å². The molecule has 0 radical (unpaired) electrons. The van der Waals surface area contributed by atoms with Crippen molar-refractivity contribution < 1.29 is 4.79 Å². The Morgan fingerprint density at radius 2 is 1.96 bits per heavy atom. The van der Waals surface area contributed by atoms with Gasteiger partial charge in [-0.15, -0.1) is 5.10 Å². The third-order valence-corrected chi connectivity index (χ3v) is 4.75. The van der Waals surface area contributed by atoms with Crippen LogP contribution in [0.15, 0.2) is 46.9 Å². The molecule has 1 amide bonds. The van der Waals surface area contributed by atoms with Gasteiger partial charge in [-0.05, 0) is 48.3 Å². The van der Waals surface area contributed by atoms with Crippen LogP contribution in [0.1, 0.15) is 15.2 Å². The van der Waals surface area contributed by atoms with E-state index < -0.39 is 0 Å². The molecule has 0 spiro atoms. The average Bonchev–Trinajstić information content (AvgIpc) is 3.01. The van der Waals surface area contributed by atoms with Gasteiger partial charge in [-0.25, -0.2) is 0 Å². The predicted octanol–water partition coefficient (Wildman–Crippen LogP) is 5.18. The second-order valence-electron chi connectivity index (χ2n) is 4.87. The maximum Gasteiger partial charge on any atom is 0.269 e. The zero-order chi connectivity index (χ0) is 16.4. The van der Waals surface area contributed by atoms with Crippen molar-refractivity contribution in [3.05, 3.63) is 62.4 Å². The summed E-state index contributed by atoms with van der Waals surface area (Å²) in [7, 11) is 0. The first kappa shape index (κ1) is 16.1. The lowest BCUT2D eigenvalue weighted by atomic mass is 10.1. The van der Waals surface area contributed by atoms with Crippen LogP contribution < -0.4 is 5.32 Å². The minimum absolute atomic E-state index is 0.247. The molecule has 0 aliphatic carbocycles. The molecule has 0 aliphatic heterocycles. The zero-order valence-corrected chi connectivity index (χ0v) is 15.2. The Morgan fingerprint density at radius 3 is 2.70 bits per heavy atom. The number of hydrogen-bond donors (Lipinski definition) is 1. The molecule has 1 aromatic heterocycles. The van der Waals surface area contributed by atoms with Crippen LogP contribution in [0.2, 0.25) is 5.02 Å². The van der Waals surface area contributed by atoms with E-state index in [4.69, 9.17) is 11.6 Å². The standard InChI is InChI=1S/C16H11BrClN3OS/c1-9-2-7-12(18)8-13(9)19-16(22)15-14(20-21-23-15)10-3-5-11(17)6-4-10/h2-8H,1H3,(H,19,22). The number of amides is 1. The van der Waals surface area contributed by atoms with Gasteiger partial charge in [-0.3, -0.25) is 4.79 Å². The molecule has 23 heavy (non-hydrogen) atoms. The Labute approximate surface area is 150 Å². The van der Waals surface area contributed by atoms with Gasteiger partial charge in [-0.2, -0.15) is 0 Å². The summed E-state index contributed by atoms with van der Waals surface area (Å²) in [5.74, 6) is -0.247. The summed E-state index contributed by atoms with van der Waals surface area (Å²) >= 11 is 10.4. The predicted molar refractivity (Wildman–Crippen MR) is 97.2 cm³/mol. The minimum atomic E-state index is -0.247. The molecule has 3 aromatic rings. The number of carbonyl (C=O) groups excluding carboxylic acids is 1. The van der Waals surface area contributed by atoms with Crippen LogP contribution in [0.25, 0.3) is 11.3 Å². The molecule has 0 atom stereocenters. The van der Waals surface area contributed by atoms with Crippen molar-refractivity contribution in [2.75, 3.05) is 5.32 Å². The fourth-order valence-corrected chi connectivity index (χ4v) is 3.06. The van der Waals surface area contributed by atoms with Gasteiger partial charge in [0.15, 0.2) is 0 Å². The van der Waals surface area contributed by atoms with Crippen LogP contribution in [0.3, 0.4) is 0 Å². The SMILES string of the molecule is Cc1ccc(Cl)cc1NC(=O)c1snnc1-c1ccc(Br)cc1. The largest absolute Gasteiger partial charge is 0.321 e. The van der Waals surface area contributed by atoms with E-state index in [2.05, 4.69) is 30.8 Å². The number of anilines is 1. The molecular weight excluding hydrogens is 398 g/mol. The van der Waals surface area contributed by atoms with E-state index in [1.54, 1.807) is 12.1 Å². The Balaban J connectivity index is 1.91. The van der Waals surface area contributed by atoms with Gasteiger partial charge in [0.1, 0.15) is 10.6 Å². The molecule has 0 saturated heterocycles. The van der Waals surface area contributed by atoms with Gasteiger partial charge >= 0.3 is 0 Å². The second kappa shape index (κ2) is 6.78. The fraction of sp³-hybridized carbons (Fsp3) is 0.0625. The van der Waals surface area contributed by atoms with Gasteiger partial charge in [0.05, 0.1) is 0 Å². The highest BCUT2D eigenvalue weighted by atomic mass is 79.9. The molecule has 0 saturated carbocycles. The van der Waals surface area contributed by atoms with Crippen LogP contribution in [0.4, 0.5) is 5.69 Å². The maximum absolute atomic E-state index is 12.6. The molecular formula is C16H11BrClN3OS. The van der Waals surface area contributed by atoms with Crippen molar-refractivity contribution in [3.8, 4) is 11.3 Å². The molecule has 4 nitrogen and oxygen atoms in total. The lowest BCUT2D eigenvalue weighted by molar-refractivity contribution is 0.103. The number of aryl methyl sites for hydroxylation is 1. The molecule has 0 unspecified atom stereocenters. The van der Waals surface area contributed by atoms with Gasteiger partial charge in [0.2, 0.25) is 0 Å². The number of halogens is 2. The molecule has 1 heterocycles. The fourth-order valence-electron chi connectivity index (χ4n) is 2.04. The van der Waals surface area contributed by atoms with E-state index in [1.807, 2.05) is 37.3 Å². The molecule has 2 aromatic carbocycles. The summed E-state index contributed by atoms with van der Waals surface area (Å²) in [5.41, 5.74) is 3.03. The molecule has 116 valence electrons. The number of nitrogens with one attached hydrogen (secondary N) is 1. The van der Waals surface area contributed by atoms with Crippen molar-refractivity contribution >= 4 is 50.7 Å². The first-order valence-corrected chi connectivity index (χ1v) is 8.65. The smallest absolute Gasteiger partial charge is 0.269 e.